The van der Waals surface area contributed by atoms with E-state index in [1.165, 1.54) is 26.2 Å². The lowest BCUT2D eigenvalue weighted by Crippen LogP contribution is -2.54. The van der Waals surface area contributed by atoms with Crippen molar-refractivity contribution in [3.05, 3.63) is 62.2 Å². The molecule has 0 saturated heterocycles. The molecule has 204 valence electrons. The van der Waals surface area contributed by atoms with Gasteiger partial charge in [-0.1, -0.05) is 0 Å². The molecular weight excluding hydrogens is 524 g/mol. The van der Waals surface area contributed by atoms with Gasteiger partial charge in [0, 0.05) is 30.5 Å². The van der Waals surface area contributed by atoms with Crippen LogP contribution in [0.25, 0.3) is 10.8 Å². The van der Waals surface area contributed by atoms with E-state index in [1.54, 1.807) is 13.8 Å². The number of carbonyl (C=O) groups excluding carboxylic acids is 4. The molecule has 0 radical (unpaired) electrons. The monoisotopic (exact) mass is 546 g/mol. The van der Waals surface area contributed by atoms with Crippen molar-refractivity contribution in [3.8, 4) is 17.2 Å². The predicted octanol–water partition coefficient (Wildman–Crippen LogP) is 3.07. The summed E-state index contributed by atoms with van der Waals surface area (Å²) in [5.41, 5.74) is -0.512. The standard InChI is InChI=1S/C29H22O11/c1-8-5-11(31)15-17-13(8)18-19-23(33)14-9(2)6-12(32)16-21(14)29(7-38-26(16)35,25(19)39-10(3)30)22(18)24(34)20(17)28(37-4)40-27(15)36/h5-6,19,25,28,31-32,34H,7H2,1-4H3/t19-,25-,28-,29-/m0/s1. The molecular formula is C29H22O11. The van der Waals surface area contributed by atoms with Crippen LogP contribution in [-0.2, 0) is 29.2 Å². The Bertz CT molecular complexity index is 1800. The Hall–Kier alpha value is -4.64. The summed E-state index contributed by atoms with van der Waals surface area (Å²) in [7, 11) is 1.27. The van der Waals surface area contributed by atoms with Crippen molar-refractivity contribution in [2.45, 2.75) is 44.5 Å². The number of benzene rings is 3. The van der Waals surface area contributed by atoms with Crippen molar-refractivity contribution < 1.29 is 53.4 Å². The Balaban J connectivity index is 1.76. The number of hydrogen-bond acceptors (Lipinski definition) is 11. The van der Waals surface area contributed by atoms with E-state index in [2.05, 4.69) is 0 Å². The number of rotatable bonds is 2. The Kier molecular flexibility index (Phi) is 4.58. The van der Waals surface area contributed by atoms with Gasteiger partial charge in [-0.05, 0) is 53.6 Å². The highest BCUT2D eigenvalue weighted by Gasteiger charge is 2.68. The summed E-state index contributed by atoms with van der Waals surface area (Å²) in [6.45, 7) is 4.05. The Morgan fingerprint density at radius 1 is 0.925 bits per heavy atom. The second-order valence-corrected chi connectivity index (χ2v) is 10.6. The maximum absolute atomic E-state index is 14.4. The van der Waals surface area contributed by atoms with E-state index in [-0.39, 0.29) is 50.1 Å². The topological polar surface area (TPSA) is 166 Å². The summed E-state index contributed by atoms with van der Waals surface area (Å²) in [5.74, 6) is -5.37. The number of carbonyl (C=O) groups is 4. The molecule has 11 nitrogen and oxygen atoms in total. The highest BCUT2D eigenvalue weighted by molar-refractivity contribution is 6.18. The Morgan fingerprint density at radius 3 is 2.27 bits per heavy atom. The molecule has 0 unspecified atom stereocenters. The van der Waals surface area contributed by atoms with Crippen molar-refractivity contribution in [2.75, 3.05) is 13.7 Å². The number of hydrogen-bond donors (Lipinski definition) is 3. The third-order valence-electron chi connectivity index (χ3n) is 8.62. The highest BCUT2D eigenvalue weighted by Crippen LogP contribution is 2.66. The number of phenolic OH excluding ortho intramolecular Hbond substituents is 3. The third-order valence-corrected chi connectivity index (χ3v) is 8.62. The Morgan fingerprint density at radius 2 is 1.60 bits per heavy atom. The van der Waals surface area contributed by atoms with Gasteiger partial charge in [0.25, 0.3) is 0 Å². The molecule has 0 saturated carbocycles. The molecule has 3 aromatic rings. The van der Waals surface area contributed by atoms with Crippen LogP contribution >= 0.6 is 0 Å². The van der Waals surface area contributed by atoms with Crippen molar-refractivity contribution in [1.29, 1.82) is 0 Å². The first-order chi connectivity index (χ1) is 18.9. The molecule has 0 amide bonds. The maximum Gasteiger partial charge on any atom is 0.345 e. The van der Waals surface area contributed by atoms with E-state index in [9.17, 15) is 34.5 Å². The first-order valence-corrected chi connectivity index (χ1v) is 12.5. The van der Waals surface area contributed by atoms with Gasteiger partial charge in [0.2, 0.25) is 6.29 Å². The van der Waals surface area contributed by atoms with Crippen LogP contribution in [0.1, 0.15) is 83.6 Å². The fraction of sp³-hybridized carbons (Fsp3) is 0.310. The molecule has 2 heterocycles. The zero-order valence-electron chi connectivity index (χ0n) is 21.7. The molecule has 11 heteroatoms. The van der Waals surface area contributed by atoms with Crippen LogP contribution in [-0.4, -0.2) is 58.8 Å². The molecule has 4 aliphatic rings. The first kappa shape index (κ1) is 24.4. The van der Waals surface area contributed by atoms with Gasteiger partial charge in [0.05, 0.1) is 16.9 Å². The number of esters is 3. The second-order valence-electron chi connectivity index (χ2n) is 10.6. The molecule has 0 fully saturated rings. The van der Waals surface area contributed by atoms with Gasteiger partial charge in [-0.2, -0.15) is 0 Å². The van der Waals surface area contributed by atoms with Gasteiger partial charge in [-0.3, -0.25) is 9.59 Å². The molecule has 7 rings (SSSR count). The van der Waals surface area contributed by atoms with Crippen LogP contribution < -0.4 is 0 Å². The molecule has 3 aromatic carbocycles. The van der Waals surface area contributed by atoms with Crippen molar-refractivity contribution in [2.24, 2.45) is 0 Å². The van der Waals surface area contributed by atoms with Gasteiger partial charge in [0.15, 0.2) is 5.78 Å². The SMILES string of the molecule is CO[C@H]1OC(=O)c2c(O)cc(C)c3c4c(c(O)c1c23)[C@]12COC(=O)c3c(O)cc(C)c(c31)C(=O)[C@H]4[C@@H]2OC(C)=O. The van der Waals surface area contributed by atoms with Gasteiger partial charge >= 0.3 is 17.9 Å². The summed E-state index contributed by atoms with van der Waals surface area (Å²) < 4.78 is 22.2. The fourth-order valence-corrected chi connectivity index (χ4v) is 7.37. The highest BCUT2D eigenvalue weighted by atomic mass is 16.7. The summed E-state index contributed by atoms with van der Waals surface area (Å²) >= 11 is 0. The van der Waals surface area contributed by atoms with E-state index >= 15 is 0 Å². The van der Waals surface area contributed by atoms with Crippen LogP contribution in [0.15, 0.2) is 12.1 Å². The lowest BCUT2D eigenvalue weighted by Gasteiger charge is -2.45. The maximum atomic E-state index is 14.4. The zero-order chi connectivity index (χ0) is 28.6. The van der Waals surface area contributed by atoms with Crippen molar-refractivity contribution >= 4 is 34.5 Å². The summed E-state index contributed by atoms with van der Waals surface area (Å²) in [6.07, 6.45) is -2.66. The normalized spacial score (nSPS) is 25.3. The minimum absolute atomic E-state index is 0.0256. The zero-order valence-corrected chi connectivity index (χ0v) is 21.7. The smallest absolute Gasteiger partial charge is 0.345 e. The minimum Gasteiger partial charge on any atom is -0.507 e. The minimum atomic E-state index is -1.60. The lowest BCUT2D eigenvalue weighted by molar-refractivity contribution is -0.150. The van der Waals surface area contributed by atoms with E-state index in [4.69, 9.17) is 18.9 Å². The van der Waals surface area contributed by atoms with E-state index in [0.29, 0.717) is 16.5 Å². The number of methoxy groups -OCH3 is 1. The summed E-state index contributed by atoms with van der Waals surface area (Å²) in [6, 6.07) is 2.66. The van der Waals surface area contributed by atoms with Crippen LogP contribution in [0.3, 0.4) is 0 Å². The number of ketones is 1. The van der Waals surface area contributed by atoms with Gasteiger partial charge < -0.3 is 34.3 Å². The van der Waals surface area contributed by atoms with Crippen LogP contribution in [0.4, 0.5) is 0 Å². The molecule has 2 aliphatic heterocycles. The molecule has 2 aliphatic carbocycles. The second kappa shape index (κ2) is 7.51. The quantitative estimate of drug-likeness (QED) is 0.319. The van der Waals surface area contributed by atoms with Gasteiger partial charge in [-0.25, -0.2) is 9.59 Å². The molecule has 1 spiro atoms. The first-order valence-electron chi connectivity index (χ1n) is 12.5. The van der Waals surface area contributed by atoms with E-state index < -0.39 is 65.5 Å². The number of aromatic hydroxyl groups is 3. The molecule has 40 heavy (non-hydrogen) atoms. The predicted molar refractivity (Wildman–Crippen MR) is 134 cm³/mol. The number of ether oxygens (including phenoxy) is 4. The van der Waals surface area contributed by atoms with Crippen LogP contribution in [0, 0.1) is 13.8 Å². The lowest BCUT2D eigenvalue weighted by atomic mass is 9.63. The Labute approximate surface area is 225 Å². The number of Topliss-reactive ketones (excluding diaryl/α,β-unsaturated/α-hetero) is 1. The third kappa shape index (κ3) is 2.54. The van der Waals surface area contributed by atoms with Crippen LogP contribution in [0.2, 0.25) is 0 Å². The number of phenols is 3. The van der Waals surface area contributed by atoms with E-state index in [1.807, 2.05) is 0 Å². The summed E-state index contributed by atoms with van der Waals surface area (Å²) in [5, 5.41) is 34.2. The van der Waals surface area contributed by atoms with Crippen LogP contribution in [0.5, 0.6) is 17.2 Å². The molecule has 2 bridgehead atoms. The van der Waals surface area contributed by atoms with E-state index in [0.717, 1.165) is 0 Å². The molecule has 3 N–H and O–H groups in total. The molecule has 4 atom stereocenters. The summed E-state index contributed by atoms with van der Waals surface area (Å²) in [4.78, 5) is 52.9. The number of cyclic esters (lactones) is 2. The average molecular weight is 546 g/mol. The fourth-order valence-electron chi connectivity index (χ4n) is 7.37. The van der Waals surface area contributed by atoms with Gasteiger partial charge in [-0.15, -0.1) is 0 Å². The van der Waals surface area contributed by atoms with Crippen molar-refractivity contribution in [3.63, 3.8) is 0 Å². The molecule has 0 aromatic heterocycles. The average Bonchev–Trinajstić information content (AvgIpc) is 3.08. The number of fused-ring (bicyclic) bond motifs is 4. The number of aryl methyl sites for hydroxylation is 2. The van der Waals surface area contributed by atoms with Crippen molar-refractivity contribution in [1.82, 2.24) is 0 Å². The van der Waals surface area contributed by atoms with Gasteiger partial charge in [0.1, 0.15) is 41.1 Å². The largest absolute Gasteiger partial charge is 0.507 e.